The van der Waals surface area contributed by atoms with Crippen molar-refractivity contribution < 1.29 is 9.47 Å². The van der Waals surface area contributed by atoms with E-state index in [1.54, 1.807) is 0 Å². The first-order chi connectivity index (χ1) is 7.33. The van der Waals surface area contributed by atoms with E-state index >= 15 is 0 Å². The van der Waals surface area contributed by atoms with Gasteiger partial charge in [0.05, 0.1) is 13.2 Å². The monoisotopic (exact) mass is 216 g/mol. The molecule has 0 spiro atoms. The van der Waals surface area contributed by atoms with Gasteiger partial charge in [0.2, 0.25) is 0 Å². The van der Waals surface area contributed by atoms with Gasteiger partial charge in [-0.05, 0) is 38.8 Å². The molecule has 1 aliphatic rings. The lowest BCUT2D eigenvalue weighted by molar-refractivity contribution is -0.168. The fourth-order valence-electron chi connectivity index (χ4n) is 1.99. The fourth-order valence-corrected chi connectivity index (χ4v) is 1.99. The molecule has 0 aromatic rings. The van der Waals surface area contributed by atoms with E-state index in [4.69, 9.17) is 20.9 Å². The molecule has 1 saturated heterocycles. The van der Waals surface area contributed by atoms with E-state index in [2.05, 4.69) is 0 Å². The lowest BCUT2D eigenvalue weighted by Crippen LogP contribution is -2.30. The van der Waals surface area contributed by atoms with Crippen LogP contribution >= 0.6 is 0 Å². The second-order valence-corrected chi connectivity index (χ2v) is 4.10. The molecular weight excluding hydrogens is 192 g/mol. The number of ether oxygens (including phenoxy) is 2. The van der Waals surface area contributed by atoms with Crippen molar-refractivity contribution in [2.24, 2.45) is 11.5 Å². The van der Waals surface area contributed by atoms with E-state index in [1.807, 2.05) is 0 Å². The van der Waals surface area contributed by atoms with Crippen LogP contribution in [-0.2, 0) is 9.47 Å². The molecule has 90 valence electrons. The Hall–Kier alpha value is -0.160. The number of rotatable bonds is 8. The SMILES string of the molecule is NCCCCC1(CCCCN)OCCO1. The standard InChI is InChI=1S/C11H24N2O2/c12-7-3-1-5-11(6-2-4-8-13)14-9-10-15-11/h1-10,12-13H2. The Morgan fingerprint density at radius 2 is 1.27 bits per heavy atom. The highest BCUT2D eigenvalue weighted by atomic mass is 16.7. The van der Waals surface area contributed by atoms with Crippen LogP contribution in [-0.4, -0.2) is 32.1 Å². The molecular formula is C11H24N2O2. The van der Waals surface area contributed by atoms with Crippen LogP contribution in [0.1, 0.15) is 38.5 Å². The lowest BCUT2D eigenvalue weighted by atomic mass is 10.0. The quantitative estimate of drug-likeness (QED) is 0.594. The molecule has 0 unspecified atom stereocenters. The van der Waals surface area contributed by atoms with Crippen LogP contribution in [0.2, 0.25) is 0 Å². The maximum atomic E-state index is 5.73. The van der Waals surface area contributed by atoms with Crippen LogP contribution < -0.4 is 11.5 Å². The maximum absolute atomic E-state index is 5.73. The first-order valence-corrected chi connectivity index (χ1v) is 6.01. The Kier molecular flexibility index (Phi) is 6.17. The molecule has 1 rings (SSSR count). The summed E-state index contributed by atoms with van der Waals surface area (Å²) in [5.41, 5.74) is 11.0. The van der Waals surface area contributed by atoms with E-state index in [1.165, 1.54) is 0 Å². The van der Waals surface area contributed by atoms with Crippen LogP contribution in [0, 0.1) is 0 Å². The number of hydrogen-bond acceptors (Lipinski definition) is 4. The molecule has 1 heterocycles. The van der Waals surface area contributed by atoms with Crippen LogP contribution in [0.4, 0.5) is 0 Å². The van der Waals surface area contributed by atoms with Crippen molar-refractivity contribution in [3.63, 3.8) is 0 Å². The Morgan fingerprint density at radius 3 is 1.67 bits per heavy atom. The third-order valence-electron chi connectivity index (χ3n) is 2.84. The van der Waals surface area contributed by atoms with Gasteiger partial charge in [-0.3, -0.25) is 0 Å². The second-order valence-electron chi connectivity index (χ2n) is 4.10. The van der Waals surface area contributed by atoms with E-state index in [9.17, 15) is 0 Å². The van der Waals surface area contributed by atoms with Crippen molar-refractivity contribution in [1.82, 2.24) is 0 Å². The molecule has 0 bridgehead atoms. The zero-order valence-electron chi connectivity index (χ0n) is 9.54. The highest BCUT2D eigenvalue weighted by Gasteiger charge is 2.34. The van der Waals surface area contributed by atoms with Crippen molar-refractivity contribution in [1.29, 1.82) is 0 Å². The zero-order chi connectivity index (χ0) is 11.0. The van der Waals surface area contributed by atoms with Gasteiger partial charge in [0, 0.05) is 12.8 Å². The third-order valence-corrected chi connectivity index (χ3v) is 2.84. The van der Waals surface area contributed by atoms with Gasteiger partial charge in [0.25, 0.3) is 0 Å². The van der Waals surface area contributed by atoms with Gasteiger partial charge in [-0.2, -0.15) is 0 Å². The molecule has 0 saturated carbocycles. The molecule has 4 heteroatoms. The van der Waals surface area contributed by atoms with E-state index in [0.717, 1.165) is 64.8 Å². The Morgan fingerprint density at radius 1 is 0.800 bits per heavy atom. The van der Waals surface area contributed by atoms with Crippen molar-refractivity contribution in [3.05, 3.63) is 0 Å². The normalized spacial score (nSPS) is 19.6. The molecule has 1 fully saturated rings. The Bertz CT molecular complexity index is 147. The number of hydrogen-bond donors (Lipinski definition) is 2. The molecule has 0 aromatic carbocycles. The minimum atomic E-state index is -0.315. The first-order valence-electron chi connectivity index (χ1n) is 6.01. The van der Waals surface area contributed by atoms with Crippen LogP contribution in [0.3, 0.4) is 0 Å². The molecule has 0 amide bonds. The van der Waals surface area contributed by atoms with Gasteiger partial charge >= 0.3 is 0 Å². The van der Waals surface area contributed by atoms with Crippen molar-refractivity contribution in [2.75, 3.05) is 26.3 Å². The lowest BCUT2D eigenvalue weighted by Gasteiger charge is -2.27. The molecule has 15 heavy (non-hydrogen) atoms. The summed E-state index contributed by atoms with van der Waals surface area (Å²) in [6.07, 6.45) is 6.19. The molecule has 1 aliphatic heterocycles. The molecule has 0 radical (unpaired) electrons. The van der Waals surface area contributed by atoms with E-state index < -0.39 is 0 Å². The summed E-state index contributed by atoms with van der Waals surface area (Å²) in [5, 5.41) is 0. The zero-order valence-corrected chi connectivity index (χ0v) is 9.54. The molecule has 4 nitrogen and oxygen atoms in total. The number of unbranched alkanes of at least 4 members (excludes halogenated alkanes) is 2. The predicted molar refractivity (Wildman–Crippen MR) is 60.4 cm³/mol. The summed E-state index contributed by atoms with van der Waals surface area (Å²) in [6.45, 7) is 2.95. The van der Waals surface area contributed by atoms with Crippen LogP contribution in [0.5, 0.6) is 0 Å². The van der Waals surface area contributed by atoms with Gasteiger partial charge in [-0.15, -0.1) is 0 Å². The average molecular weight is 216 g/mol. The smallest absolute Gasteiger partial charge is 0.168 e. The Labute approximate surface area is 92.3 Å². The van der Waals surface area contributed by atoms with E-state index in [-0.39, 0.29) is 5.79 Å². The van der Waals surface area contributed by atoms with Crippen molar-refractivity contribution in [3.8, 4) is 0 Å². The summed E-state index contributed by atoms with van der Waals surface area (Å²) in [6, 6.07) is 0. The maximum Gasteiger partial charge on any atom is 0.168 e. The molecule has 4 N–H and O–H groups in total. The van der Waals surface area contributed by atoms with Gasteiger partial charge < -0.3 is 20.9 Å². The summed E-state index contributed by atoms with van der Waals surface area (Å²) >= 11 is 0. The minimum Gasteiger partial charge on any atom is -0.348 e. The van der Waals surface area contributed by atoms with Crippen molar-refractivity contribution in [2.45, 2.75) is 44.3 Å². The van der Waals surface area contributed by atoms with Crippen LogP contribution in [0.15, 0.2) is 0 Å². The van der Waals surface area contributed by atoms with Gasteiger partial charge in [0.1, 0.15) is 0 Å². The highest BCUT2D eigenvalue weighted by molar-refractivity contribution is 4.74. The Balaban J connectivity index is 2.26. The van der Waals surface area contributed by atoms with Crippen LogP contribution in [0.25, 0.3) is 0 Å². The van der Waals surface area contributed by atoms with Gasteiger partial charge in [-0.25, -0.2) is 0 Å². The summed E-state index contributed by atoms with van der Waals surface area (Å²) in [7, 11) is 0. The average Bonchev–Trinajstić information content (AvgIpc) is 2.68. The summed E-state index contributed by atoms with van der Waals surface area (Å²) in [5.74, 6) is -0.315. The van der Waals surface area contributed by atoms with Crippen molar-refractivity contribution >= 4 is 0 Å². The number of nitrogens with two attached hydrogens (primary N) is 2. The first kappa shape index (κ1) is 12.9. The topological polar surface area (TPSA) is 70.5 Å². The van der Waals surface area contributed by atoms with Gasteiger partial charge in [0.15, 0.2) is 5.79 Å². The van der Waals surface area contributed by atoms with E-state index in [0.29, 0.717) is 0 Å². The molecule has 0 aromatic heterocycles. The summed E-state index contributed by atoms with van der Waals surface area (Å²) < 4.78 is 11.5. The fraction of sp³-hybridized carbons (Fsp3) is 1.00. The largest absolute Gasteiger partial charge is 0.348 e. The van der Waals surface area contributed by atoms with Gasteiger partial charge in [-0.1, -0.05) is 0 Å². The predicted octanol–water partition coefficient (Wildman–Crippen LogP) is 0.987. The minimum absolute atomic E-state index is 0.315. The molecule has 0 aliphatic carbocycles. The highest BCUT2D eigenvalue weighted by Crippen LogP contribution is 2.30. The molecule has 0 atom stereocenters. The second kappa shape index (κ2) is 7.17. The third kappa shape index (κ3) is 4.47. The summed E-state index contributed by atoms with van der Waals surface area (Å²) in [4.78, 5) is 0.